The van der Waals surface area contributed by atoms with E-state index >= 15 is 0 Å². The van der Waals surface area contributed by atoms with Gasteiger partial charge >= 0.3 is 0 Å². The predicted molar refractivity (Wildman–Crippen MR) is 110 cm³/mol. The number of halogens is 2. The van der Waals surface area contributed by atoms with Crippen molar-refractivity contribution in [1.29, 1.82) is 0 Å². The van der Waals surface area contributed by atoms with Gasteiger partial charge in [0, 0.05) is 36.3 Å². The number of nitrogens with one attached hydrogen (secondary N) is 1. The fourth-order valence-corrected chi connectivity index (χ4v) is 3.81. The molecule has 0 saturated carbocycles. The van der Waals surface area contributed by atoms with Crippen LogP contribution in [0, 0.1) is 10.1 Å². The summed E-state index contributed by atoms with van der Waals surface area (Å²) in [6.07, 6.45) is 0. The van der Waals surface area contributed by atoms with Gasteiger partial charge in [0.25, 0.3) is 11.6 Å². The molecule has 1 unspecified atom stereocenters. The van der Waals surface area contributed by atoms with E-state index in [0.29, 0.717) is 29.3 Å². The molecule has 1 fully saturated rings. The van der Waals surface area contributed by atoms with Crippen LogP contribution in [0.4, 0.5) is 5.69 Å². The lowest BCUT2D eigenvalue weighted by atomic mass is 10.0. The Hall–Kier alpha value is -2.00. The van der Waals surface area contributed by atoms with E-state index in [-0.39, 0.29) is 23.2 Å². The third kappa shape index (κ3) is 4.88. The van der Waals surface area contributed by atoms with Gasteiger partial charge in [-0.25, -0.2) is 0 Å². The first-order valence-electron chi connectivity index (χ1n) is 8.75. The minimum atomic E-state index is -0.527. The number of morpholine rings is 1. The highest BCUT2D eigenvalue weighted by molar-refractivity contribution is 9.10. The Morgan fingerprint density at radius 1 is 1.29 bits per heavy atom. The zero-order valence-corrected chi connectivity index (χ0v) is 17.3. The summed E-state index contributed by atoms with van der Waals surface area (Å²) in [5.41, 5.74) is 1.01. The number of ether oxygens (including phenoxy) is 1. The zero-order chi connectivity index (χ0) is 20.1. The maximum absolute atomic E-state index is 12.6. The Labute approximate surface area is 175 Å². The van der Waals surface area contributed by atoms with Gasteiger partial charge in [-0.15, -0.1) is 0 Å². The fourth-order valence-electron chi connectivity index (χ4n) is 3.16. The molecule has 28 heavy (non-hydrogen) atoms. The molecule has 1 amide bonds. The van der Waals surface area contributed by atoms with Gasteiger partial charge in [-0.2, -0.15) is 0 Å². The Bertz CT molecular complexity index is 874. The third-order valence-electron chi connectivity index (χ3n) is 4.61. The van der Waals surface area contributed by atoms with Gasteiger partial charge in [0.2, 0.25) is 0 Å². The fraction of sp³-hybridized carbons (Fsp3) is 0.316. The first kappa shape index (κ1) is 20.7. The molecular weight excluding hydrogens is 450 g/mol. The van der Waals surface area contributed by atoms with Crippen molar-refractivity contribution in [3.8, 4) is 0 Å². The summed E-state index contributed by atoms with van der Waals surface area (Å²) in [6, 6.07) is 11.7. The monoisotopic (exact) mass is 467 g/mol. The average Bonchev–Trinajstić information content (AvgIpc) is 2.70. The highest BCUT2D eigenvalue weighted by Gasteiger charge is 2.25. The number of carbonyl (C=O) groups excluding carboxylic acids is 1. The van der Waals surface area contributed by atoms with Crippen LogP contribution >= 0.6 is 27.5 Å². The molecule has 2 aromatic rings. The van der Waals surface area contributed by atoms with Crippen molar-refractivity contribution < 1.29 is 14.5 Å². The SMILES string of the molecule is O=C(NCC(c1ccccc1Cl)N1CCOCC1)c1ccc(Br)c([N+](=O)[O-])c1. The smallest absolute Gasteiger partial charge is 0.284 e. The van der Waals surface area contributed by atoms with Crippen LogP contribution in [0.3, 0.4) is 0 Å². The lowest BCUT2D eigenvalue weighted by Crippen LogP contribution is -2.44. The quantitative estimate of drug-likeness (QED) is 0.515. The summed E-state index contributed by atoms with van der Waals surface area (Å²) in [6.45, 7) is 3.03. The van der Waals surface area contributed by atoms with Crippen molar-refractivity contribution >= 4 is 39.1 Å². The largest absolute Gasteiger partial charge is 0.379 e. The molecule has 0 radical (unpaired) electrons. The summed E-state index contributed by atoms with van der Waals surface area (Å²) < 4.78 is 5.76. The van der Waals surface area contributed by atoms with Crippen molar-refractivity contribution in [2.45, 2.75) is 6.04 Å². The van der Waals surface area contributed by atoms with Gasteiger partial charge in [-0.3, -0.25) is 19.8 Å². The second kappa shape index (κ2) is 9.47. The molecule has 1 heterocycles. The van der Waals surface area contributed by atoms with E-state index in [1.54, 1.807) is 6.07 Å². The average molecular weight is 469 g/mol. The number of benzene rings is 2. The highest BCUT2D eigenvalue weighted by atomic mass is 79.9. The van der Waals surface area contributed by atoms with Gasteiger partial charge in [0.15, 0.2) is 0 Å². The van der Waals surface area contributed by atoms with Crippen molar-refractivity contribution in [3.05, 3.63) is 73.2 Å². The number of hydrogen-bond acceptors (Lipinski definition) is 5. The van der Waals surface area contributed by atoms with E-state index in [9.17, 15) is 14.9 Å². The maximum atomic E-state index is 12.6. The Morgan fingerprint density at radius 2 is 2.00 bits per heavy atom. The van der Waals surface area contributed by atoms with E-state index in [1.807, 2.05) is 24.3 Å². The number of hydrogen-bond donors (Lipinski definition) is 1. The van der Waals surface area contributed by atoms with Crippen LogP contribution in [0.5, 0.6) is 0 Å². The summed E-state index contributed by atoms with van der Waals surface area (Å²) in [7, 11) is 0. The first-order chi connectivity index (χ1) is 13.5. The Kier molecular flexibility index (Phi) is 7.01. The van der Waals surface area contributed by atoms with Gasteiger partial charge < -0.3 is 10.1 Å². The highest BCUT2D eigenvalue weighted by Crippen LogP contribution is 2.28. The summed E-state index contributed by atoms with van der Waals surface area (Å²) in [4.78, 5) is 25.4. The number of rotatable bonds is 6. The molecule has 0 aliphatic carbocycles. The van der Waals surface area contributed by atoms with Crippen molar-refractivity contribution in [3.63, 3.8) is 0 Å². The number of nitro groups is 1. The molecule has 1 aliphatic rings. The molecular formula is C19H19BrClN3O4. The molecule has 0 bridgehead atoms. The second-order valence-electron chi connectivity index (χ2n) is 6.32. The van der Waals surface area contributed by atoms with Crippen LogP contribution in [0.2, 0.25) is 5.02 Å². The minimum Gasteiger partial charge on any atom is -0.379 e. The summed E-state index contributed by atoms with van der Waals surface area (Å²) >= 11 is 9.52. The van der Waals surface area contributed by atoms with Crippen molar-refractivity contribution in [2.24, 2.45) is 0 Å². The molecule has 0 aromatic heterocycles. The Morgan fingerprint density at radius 3 is 2.68 bits per heavy atom. The molecule has 2 aromatic carbocycles. The number of nitro benzene ring substituents is 1. The van der Waals surface area contributed by atoms with Gasteiger partial charge in [0.1, 0.15) is 0 Å². The molecule has 1 saturated heterocycles. The molecule has 1 atom stereocenters. The van der Waals surface area contributed by atoms with Crippen LogP contribution in [0.1, 0.15) is 22.0 Å². The molecule has 1 aliphatic heterocycles. The maximum Gasteiger partial charge on any atom is 0.284 e. The van der Waals surface area contributed by atoms with E-state index < -0.39 is 4.92 Å². The summed E-state index contributed by atoms with van der Waals surface area (Å²) in [5, 5.41) is 14.6. The van der Waals surface area contributed by atoms with Crippen molar-refractivity contribution in [1.82, 2.24) is 10.2 Å². The summed E-state index contributed by atoms with van der Waals surface area (Å²) in [5.74, 6) is -0.374. The van der Waals surface area contributed by atoms with Crippen LogP contribution in [0.15, 0.2) is 46.9 Å². The lowest BCUT2D eigenvalue weighted by molar-refractivity contribution is -0.385. The number of carbonyl (C=O) groups is 1. The van der Waals surface area contributed by atoms with Gasteiger partial charge in [0.05, 0.1) is 28.7 Å². The molecule has 9 heteroatoms. The Balaban J connectivity index is 1.78. The topological polar surface area (TPSA) is 84.7 Å². The molecule has 1 N–H and O–H groups in total. The number of nitrogens with zero attached hydrogens (tertiary/aromatic N) is 2. The minimum absolute atomic E-state index is 0.119. The molecule has 0 spiro atoms. The lowest BCUT2D eigenvalue weighted by Gasteiger charge is -2.35. The molecule has 148 valence electrons. The van der Waals surface area contributed by atoms with Crippen molar-refractivity contribution in [2.75, 3.05) is 32.8 Å². The van der Waals surface area contributed by atoms with Crippen LogP contribution in [-0.4, -0.2) is 48.6 Å². The van der Waals surface area contributed by atoms with Gasteiger partial charge in [-0.05, 0) is 39.7 Å². The van der Waals surface area contributed by atoms with E-state index in [2.05, 4.69) is 26.1 Å². The molecule has 7 nitrogen and oxygen atoms in total. The van der Waals surface area contributed by atoms with Crippen LogP contribution in [0.25, 0.3) is 0 Å². The normalized spacial score (nSPS) is 15.8. The van der Waals surface area contributed by atoms with Crippen LogP contribution in [-0.2, 0) is 4.74 Å². The standard InChI is InChI=1S/C19H19BrClN3O4/c20-15-6-5-13(11-17(15)24(26)27)19(25)22-12-18(23-7-9-28-10-8-23)14-3-1-2-4-16(14)21/h1-6,11,18H,7-10,12H2,(H,22,25). The van der Waals surface area contributed by atoms with E-state index in [0.717, 1.165) is 18.7 Å². The van der Waals surface area contributed by atoms with Gasteiger partial charge in [-0.1, -0.05) is 29.8 Å². The van der Waals surface area contributed by atoms with Crippen LogP contribution < -0.4 is 5.32 Å². The number of amides is 1. The zero-order valence-electron chi connectivity index (χ0n) is 14.9. The first-order valence-corrected chi connectivity index (χ1v) is 9.93. The van der Waals surface area contributed by atoms with E-state index in [1.165, 1.54) is 12.1 Å². The van der Waals surface area contributed by atoms with E-state index in [4.69, 9.17) is 16.3 Å². The second-order valence-corrected chi connectivity index (χ2v) is 7.58. The third-order valence-corrected chi connectivity index (χ3v) is 5.63. The molecule has 3 rings (SSSR count). The predicted octanol–water partition coefficient (Wildman–Crippen LogP) is 3.81.